The second-order valence-electron chi connectivity index (χ2n) is 4.69. The lowest BCUT2D eigenvalue weighted by atomic mass is 10.2. The van der Waals surface area contributed by atoms with Crippen LogP contribution in [0.25, 0.3) is 0 Å². The predicted octanol–water partition coefficient (Wildman–Crippen LogP) is 1.47. The Hall–Kier alpha value is -0.120. The molecule has 0 aromatic heterocycles. The lowest BCUT2D eigenvalue weighted by Crippen LogP contribution is -2.39. The van der Waals surface area contributed by atoms with Crippen LogP contribution in [-0.2, 0) is 0 Å². The van der Waals surface area contributed by atoms with Crippen LogP contribution in [0.1, 0.15) is 40.0 Å². The van der Waals surface area contributed by atoms with Crippen molar-refractivity contribution in [2.75, 3.05) is 26.7 Å². The van der Waals surface area contributed by atoms with Crippen molar-refractivity contribution in [2.45, 2.75) is 52.2 Å². The number of aliphatic hydroxyl groups is 1. The maximum atomic E-state index is 9.72. The zero-order valence-corrected chi connectivity index (χ0v) is 10.8. The fourth-order valence-electron chi connectivity index (χ4n) is 1.52. The van der Waals surface area contributed by atoms with Crippen LogP contribution in [-0.4, -0.2) is 48.8 Å². The summed E-state index contributed by atoms with van der Waals surface area (Å²) in [7, 11) is 2.08. The molecule has 0 amide bonds. The van der Waals surface area contributed by atoms with E-state index < -0.39 is 0 Å². The number of hydrogen-bond donors (Lipinski definition) is 2. The summed E-state index contributed by atoms with van der Waals surface area (Å²) in [5.74, 6) is 0. The van der Waals surface area contributed by atoms with Crippen molar-refractivity contribution in [3.8, 4) is 0 Å². The zero-order chi connectivity index (χ0) is 11.7. The molecular weight excluding hydrogens is 188 g/mol. The Balaban J connectivity index is 3.44. The van der Waals surface area contributed by atoms with E-state index in [4.69, 9.17) is 0 Å². The van der Waals surface area contributed by atoms with Gasteiger partial charge in [0.25, 0.3) is 0 Å². The van der Waals surface area contributed by atoms with E-state index in [-0.39, 0.29) is 6.10 Å². The third-order valence-corrected chi connectivity index (χ3v) is 2.43. The molecule has 1 unspecified atom stereocenters. The third-order valence-electron chi connectivity index (χ3n) is 2.43. The highest BCUT2D eigenvalue weighted by molar-refractivity contribution is 4.65. The van der Waals surface area contributed by atoms with Gasteiger partial charge < -0.3 is 15.3 Å². The molecule has 0 aromatic rings. The zero-order valence-electron chi connectivity index (χ0n) is 10.8. The maximum Gasteiger partial charge on any atom is 0.0791 e. The second-order valence-corrected chi connectivity index (χ2v) is 4.69. The lowest BCUT2D eigenvalue weighted by molar-refractivity contribution is 0.121. The van der Waals surface area contributed by atoms with Crippen LogP contribution in [0.3, 0.4) is 0 Å². The van der Waals surface area contributed by atoms with E-state index in [1.807, 2.05) is 0 Å². The Kier molecular flexibility index (Phi) is 9.06. The molecule has 0 spiro atoms. The van der Waals surface area contributed by atoms with Crippen molar-refractivity contribution in [3.05, 3.63) is 0 Å². The minimum absolute atomic E-state index is 0.251. The average molecular weight is 216 g/mol. The molecular formula is C12H28N2O. The minimum atomic E-state index is -0.251. The summed E-state index contributed by atoms with van der Waals surface area (Å²) < 4.78 is 0. The summed E-state index contributed by atoms with van der Waals surface area (Å²) in [6.07, 6.45) is 3.52. The van der Waals surface area contributed by atoms with Gasteiger partial charge in [-0.3, -0.25) is 0 Å². The van der Waals surface area contributed by atoms with Gasteiger partial charge in [-0.05, 0) is 20.0 Å². The van der Waals surface area contributed by atoms with Gasteiger partial charge in [-0.25, -0.2) is 0 Å². The van der Waals surface area contributed by atoms with Crippen LogP contribution in [0.4, 0.5) is 0 Å². The number of nitrogens with one attached hydrogen (secondary N) is 1. The Bertz CT molecular complexity index is 140. The molecule has 3 heteroatoms. The largest absolute Gasteiger partial charge is 0.390 e. The third kappa shape index (κ3) is 10.2. The maximum absolute atomic E-state index is 9.72. The SMILES string of the molecule is CCCCCN(C)CC(O)CNC(C)C. The second kappa shape index (κ2) is 9.13. The average Bonchev–Trinajstić information content (AvgIpc) is 2.15. The smallest absolute Gasteiger partial charge is 0.0791 e. The molecule has 0 saturated heterocycles. The van der Waals surface area contributed by atoms with E-state index in [9.17, 15) is 5.11 Å². The fourth-order valence-corrected chi connectivity index (χ4v) is 1.52. The summed E-state index contributed by atoms with van der Waals surface area (Å²) in [6, 6.07) is 0.449. The number of unbranched alkanes of at least 4 members (excludes halogenated alkanes) is 2. The topological polar surface area (TPSA) is 35.5 Å². The highest BCUT2D eigenvalue weighted by atomic mass is 16.3. The number of rotatable bonds is 9. The molecule has 0 rings (SSSR count). The molecule has 0 aliphatic rings. The Morgan fingerprint density at radius 3 is 2.47 bits per heavy atom. The first-order valence-electron chi connectivity index (χ1n) is 6.16. The monoisotopic (exact) mass is 216 g/mol. The fraction of sp³-hybridized carbons (Fsp3) is 1.00. The summed E-state index contributed by atoms with van der Waals surface area (Å²) in [6.45, 7) is 8.95. The minimum Gasteiger partial charge on any atom is -0.390 e. The number of nitrogens with zero attached hydrogens (tertiary/aromatic N) is 1. The molecule has 0 aliphatic heterocycles. The van der Waals surface area contributed by atoms with Crippen LogP contribution >= 0.6 is 0 Å². The van der Waals surface area contributed by atoms with Gasteiger partial charge in [0.05, 0.1) is 6.10 Å². The Labute approximate surface area is 94.9 Å². The molecule has 0 aromatic carbocycles. The normalized spacial score (nSPS) is 13.8. The van der Waals surface area contributed by atoms with E-state index in [1.54, 1.807) is 0 Å². The van der Waals surface area contributed by atoms with Gasteiger partial charge in [-0.1, -0.05) is 33.6 Å². The van der Waals surface area contributed by atoms with Gasteiger partial charge in [0.15, 0.2) is 0 Å². The summed E-state index contributed by atoms with van der Waals surface area (Å²) >= 11 is 0. The molecule has 1 atom stereocenters. The van der Waals surface area contributed by atoms with Gasteiger partial charge in [0.2, 0.25) is 0 Å². The van der Waals surface area contributed by atoms with Gasteiger partial charge in [0, 0.05) is 19.1 Å². The van der Waals surface area contributed by atoms with Crippen LogP contribution in [0.2, 0.25) is 0 Å². The van der Waals surface area contributed by atoms with E-state index >= 15 is 0 Å². The van der Waals surface area contributed by atoms with E-state index in [0.29, 0.717) is 12.6 Å². The van der Waals surface area contributed by atoms with Gasteiger partial charge in [0.1, 0.15) is 0 Å². The van der Waals surface area contributed by atoms with Crippen molar-refractivity contribution >= 4 is 0 Å². The van der Waals surface area contributed by atoms with Gasteiger partial charge in [-0.2, -0.15) is 0 Å². The van der Waals surface area contributed by atoms with Crippen molar-refractivity contribution in [2.24, 2.45) is 0 Å². The van der Waals surface area contributed by atoms with Crippen molar-refractivity contribution < 1.29 is 5.11 Å². The summed E-state index contributed by atoms with van der Waals surface area (Å²) in [5.41, 5.74) is 0. The summed E-state index contributed by atoms with van der Waals surface area (Å²) in [4.78, 5) is 2.21. The van der Waals surface area contributed by atoms with E-state index in [0.717, 1.165) is 13.1 Å². The van der Waals surface area contributed by atoms with Crippen LogP contribution in [0.15, 0.2) is 0 Å². The van der Waals surface area contributed by atoms with Crippen LogP contribution in [0.5, 0.6) is 0 Å². The molecule has 0 heterocycles. The molecule has 15 heavy (non-hydrogen) atoms. The molecule has 0 bridgehead atoms. The molecule has 0 fully saturated rings. The Morgan fingerprint density at radius 1 is 1.27 bits per heavy atom. The van der Waals surface area contributed by atoms with E-state index in [2.05, 4.69) is 38.0 Å². The quantitative estimate of drug-likeness (QED) is 0.573. The number of hydrogen-bond acceptors (Lipinski definition) is 3. The molecule has 2 N–H and O–H groups in total. The Morgan fingerprint density at radius 2 is 1.93 bits per heavy atom. The predicted molar refractivity (Wildman–Crippen MR) is 66.2 cm³/mol. The molecule has 92 valence electrons. The van der Waals surface area contributed by atoms with Crippen molar-refractivity contribution in [3.63, 3.8) is 0 Å². The standard InChI is InChI=1S/C12H28N2O/c1-5-6-7-8-14(4)10-12(15)9-13-11(2)3/h11-13,15H,5-10H2,1-4H3. The van der Waals surface area contributed by atoms with Crippen molar-refractivity contribution in [1.82, 2.24) is 10.2 Å². The van der Waals surface area contributed by atoms with Gasteiger partial charge in [-0.15, -0.1) is 0 Å². The van der Waals surface area contributed by atoms with E-state index in [1.165, 1.54) is 19.3 Å². The molecule has 0 radical (unpaired) electrons. The van der Waals surface area contributed by atoms with Gasteiger partial charge >= 0.3 is 0 Å². The van der Waals surface area contributed by atoms with Crippen LogP contribution < -0.4 is 5.32 Å². The molecule has 0 aliphatic carbocycles. The lowest BCUT2D eigenvalue weighted by Gasteiger charge is -2.21. The first-order valence-corrected chi connectivity index (χ1v) is 6.16. The first-order chi connectivity index (χ1) is 7.06. The highest BCUT2D eigenvalue weighted by Crippen LogP contribution is 1.97. The molecule has 0 saturated carbocycles. The highest BCUT2D eigenvalue weighted by Gasteiger charge is 2.07. The van der Waals surface area contributed by atoms with Crippen molar-refractivity contribution in [1.29, 1.82) is 0 Å². The summed E-state index contributed by atoms with van der Waals surface area (Å²) in [5, 5.41) is 13.0. The number of aliphatic hydroxyl groups excluding tert-OH is 1. The molecule has 3 nitrogen and oxygen atoms in total. The number of likely N-dealkylation sites (N-methyl/N-ethyl adjacent to an activating group) is 1. The van der Waals surface area contributed by atoms with Crippen LogP contribution in [0, 0.1) is 0 Å². The first kappa shape index (κ1) is 14.9.